The quantitative estimate of drug-likeness (QED) is 0.654. The Morgan fingerprint density at radius 2 is 2.17 bits per heavy atom. The lowest BCUT2D eigenvalue weighted by Gasteiger charge is -2.11. The van der Waals surface area contributed by atoms with Crippen molar-refractivity contribution in [3.8, 4) is 5.75 Å². The van der Waals surface area contributed by atoms with Crippen LogP contribution in [0.15, 0.2) is 35.6 Å². The SMILES string of the molecule is CC(C)Oc1ccccc1C=Nc1nncn1N. The van der Waals surface area contributed by atoms with Gasteiger partial charge in [0.1, 0.15) is 12.1 Å². The van der Waals surface area contributed by atoms with Gasteiger partial charge in [-0.25, -0.2) is 9.67 Å². The highest BCUT2D eigenvalue weighted by Gasteiger charge is 2.03. The highest BCUT2D eigenvalue weighted by Crippen LogP contribution is 2.18. The number of aromatic nitrogens is 3. The third kappa shape index (κ3) is 2.85. The number of nitrogen functional groups attached to an aromatic ring is 1. The smallest absolute Gasteiger partial charge is 0.269 e. The Kier molecular flexibility index (Phi) is 3.57. The minimum atomic E-state index is 0.109. The zero-order valence-corrected chi connectivity index (χ0v) is 10.3. The summed E-state index contributed by atoms with van der Waals surface area (Å²) in [5.74, 6) is 6.69. The summed E-state index contributed by atoms with van der Waals surface area (Å²) in [7, 11) is 0. The van der Waals surface area contributed by atoms with Gasteiger partial charge in [-0.1, -0.05) is 12.1 Å². The van der Waals surface area contributed by atoms with E-state index in [4.69, 9.17) is 10.6 Å². The van der Waals surface area contributed by atoms with Gasteiger partial charge in [-0.05, 0) is 26.0 Å². The molecule has 2 N–H and O–H groups in total. The second kappa shape index (κ2) is 5.31. The van der Waals surface area contributed by atoms with Crippen LogP contribution in [0.3, 0.4) is 0 Å². The van der Waals surface area contributed by atoms with Crippen LogP contribution in [0, 0.1) is 0 Å². The van der Waals surface area contributed by atoms with E-state index >= 15 is 0 Å². The summed E-state index contributed by atoms with van der Waals surface area (Å²) in [6, 6.07) is 7.65. The molecule has 1 heterocycles. The van der Waals surface area contributed by atoms with Crippen LogP contribution in [0.2, 0.25) is 0 Å². The van der Waals surface area contributed by atoms with Crippen LogP contribution in [0.25, 0.3) is 0 Å². The van der Waals surface area contributed by atoms with Crippen LogP contribution in [-0.2, 0) is 0 Å². The summed E-state index contributed by atoms with van der Waals surface area (Å²) in [6.07, 6.45) is 3.16. The standard InChI is InChI=1S/C12H15N5O/c1-9(2)18-11-6-4-3-5-10(11)7-14-12-16-15-8-17(12)13/h3-9H,13H2,1-2H3. The molecule has 0 aliphatic carbocycles. The van der Waals surface area contributed by atoms with Crippen molar-refractivity contribution >= 4 is 12.2 Å². The zero-order chi connectivity index (χ0) is 13.0. The summed E-state index contributed by atoms with van der Waals surface area (Å²) in [5, 5.41) is 7.42. The largest absolute Gasteiger partial charge is 0.490 e. The van der Waals surface area contributed by atoms with Gasteiger partial charge in [0.15, 0.2) is 0 Å². The molecule has 2 rings (SSSR count). The Morgan fingerprint density at radius 1 is 1.39 bits per heavy atom. The van der Waals surface area contributed by atoms with Gasteiger partial charge in [0.05, 0.1) is 6.10 Å². The molecular weight excluding hydrogens is 230 g/mol. The molecular formula is C12H15N5O. The maximum absolute atomic E-state index is 5.68. The van der Waals surface area contributed by atoms with Gasteiger partial charge in [-0.15, -0.1) is 10.2 Å². The van der Waals surface area contributed by atoms with E-state index in [0.717, 1.165) is 11.3 Å². The predicted molar refractivity (Wildman–Crippen MR) is 69.6 cm³/mol. The first-order valence-electron chi connectivity index (χ1n) is 5.61. The van der Waals surface area contributed by atoms with E-state index in [9.17, 15) is 0 Å². The van der Waals surface area contributed by atoms with Crippen LogP contribution in [0.4, 0.5) is 5.95 Å². The molecule has 0 saturated carbocycles. The van der Waals surface area contributed by atoms with Gasteiger partial charge in [-0.3, -0.25) is 0 Å². The average Bonchev–Trinajstić information content (AvgIpc) is 2.73. The van der Waals surface area contributed by atoms with Crippen molar-refractivity contribution in [3.05, 3.63) is 36.2 Å². The number of benzene rings is 1. The molecule has 0 atom stereocenters. The number of nitrogens with two attached hydrogens (primary N) is 1. The second-order valence-electron chi connectivity index (χ2n) is 4.00. The minimum absolute atomic E-state index is 0.109. The first kappa shape index (κ1) is 12.1. The number of rotatable bonds is 4. The molecule has 0 unspecified atom stereocenters. The molecule has 0 aliphatic rings. The topological polar surface area (TPSA) is 78.3 Å². The first-order chi connectivity index (χ1) is 8.66. The second-order valence-corrected chi connectivity index (χ2v) is 4.00. The Labute approximate surface area is 105 Å². The molecule has 1 aromatic heterocycles. The van der Waals surface area contributed by atoms with E-state index in [1.807, 2.05) is 38.1 Å². The third-order valence-corrected chi connectivity index (χ3v) is 2.15. The van der Waals surface area contributed by atoms with Crippen molar-refractivity contribution < 1.29 is 4.74 Å². The van der Waals surface area contributed by atoms with Crippen molar-refractivity contribution in [1.82, 2.24) is 14.9 Å². The van der Waals surface area contributed by atoms with Gasteiger partial charge in [0, 0.05) is 11.8 Å². The molecule has 0 fully saturated rings. The molecule has 18 heavy (non-hydrogen) atoms. The molecule has 0 aliphatic heterocycles. The van der Waals surface area contributed by atoms with Gasteiger partial charge in [0.25, 0.3) is 5.95 Å². The van der Waals surface area contributed by atoms with Crippen molar-refractivity contribution in [3.63, 3.8) is 0 Å². The highest BCUT2D eigenvalue weighted by atomic mass is 16.5. The number of ether oxygens (including phenoxy) is 1. The molecule has 0 radical (unpaired) electrons. The molecule has 1 aromatic carbocycles. The molecule has 2 aromatic rings. The first-order valence-corrected chi connectivity index (χ1v) is 5.61. The molecule has 0 bridgehead atoms. The summed E-state index contributed by atoms with van der Waals surface area (Å²) in [5.41, 5.74) is 0.870. The fraction of sp³-hybridized carbons (Fsp3) is 0.250. The van der Waals surface area contributed by atoms with Gasteiger partial charge < -0.3 is 10.6 Å². The van der Waals surface area contributed by atoms with E-state index in [2.05, 4.69) is 15.2 Å². The number of aliphatic imine (C=N–C) groups is 1. The van der Waals surface area contributed by atoms with E-state index < -0.39 is 0 Å². The molecule has 0 spiro atoms. The van der Waals surface area contributed by atoms with Crippen LogP contribution in [0.5, 0.6) is 5.75 Å². The lowest BCUT2D eigenvalue weighted by molar-refractivity contribution is 0.242. The van der Waals surface area contributed by atoms with E-state index in [1.54, 1.807) is 6.21 Å². The molecule has 0 amide bonds. The summed E-state index contributed by atoms with van der Waals surface area (Å²) < 4.78 is 6.93. The zero-order valence-electron chi connectivity index (χ0n) is 10.3. The highest BCUT2D eigenvalue weighted by molar-refractivity contribution is 5.84. The van der Waals surface area contributed by atoms with Crippen molar-refractivity contribution in [2.24, 2.45) is 4.99 Å². The third-order valence-electron chi connectivity index (χ3n) is 2.15. The van der Waals surface area contributed by atoms with Crippen molar-refractivity contribution in [2.75, 3.05) is 5.84 Å². The van der Waals surface area contributed by atoms with Gasteiger partial charge in [-0.2, -0.15) is 0 Å². The Bertz CT molecular complexity index is 547. The van der Waals surface area contributed by atoms with E-state index in [-0.39, 0.29) is 6.10 Å². The summed E-state index contributed by atoms with van der Waals surface area (Å²) in [4.78, 5) is 4.16. The molecule has 6 nitrogen and oxygen atoms in total. The Hall–Kier alpha value is -2.37. The molecule has 6 heteroatoms. The normalized spacial score (nSPS) is 11.3. The monoisotopic (exact) mass is 245 g/mol. The number of hydrogen-bond donors (Lipinski definition) is 1. The Morgan fingerprint density at radius 3 is 2.83 bits per heavy atom. The lowest BCUT2D eigenvalue weighted by atomic mass is 10.2. The number of hydrogen-bond acceptors (Lipinski definition) is 5. The summed E-state index contributed by atoms with van der Waals surface area (Å²) in [6.45, 7) is 3.95. The minimum Gasteiger partial charge on any atom is -0.490 e. The fourth-order valence-electron chi connectivity index (χ4n) is 1.40. The Balaban J connectivity index is 2.23. The van der Waals surface area contributed by atoms with E-state index in [0.29, 0.717) is 5.95 Å². The maximum atomic E-state index is 5.68. The van der Waals surface area contributed by atoms with Crippen LogP contribution >= 0.6 is 0 Å². The summed E-state index contributed by atoms with van der Waals surface area (Å²) >= 11 is 0. The van der Waals surface area contributed by atoms with E-state index in [1.165, 1.54) is 11.0 Å². The fourth-order valence-corrected chi connectivity index (χ4v) is 1.40. The van der Waals surface area contributed by atoms with Crippen molar-refractivity contribution in [1.29, 1.82) is 0 Å². The van der Waals surface area contributed by atoms with Crippen LogP contribution < -0.4 is 10.6 Å². The maximum Gasteiger partial charge on any atom is 0.269 e. The molecule has 94 valence electrons. The van der Waals surface area contributed by atoms with Crippen molar-refractivity contribution in [2.45, 2.75) is 20.0 Å². The average molecular weight is 245 g/mol. The number of para-hydroxylation sites is 1. The molecule has 0 saturated heterocycles. The van der Waals surface area contributed by atoms with Crippen LogP contribution in [0.1, 0.15) is 19.4 Å². The lowest BCUT2D eigenvalue weighted by Crippen LogP contribution is -2.07. The van der Waals surface area contributed by atoms with Gasteiger partial charge in [0.2, 0.25) is 0 Å². The van der Waals surface area contributed by atoms with Crippen LogP contribution in [-0.4, -0.2) is 27.2 Å². The predicted octanol–water partition coefficient (Wildman–Crippen LogP) is 1.53. The number of nitrogens with zero attached hydrogens (tertiary/aromatic N) is 4. The van der Waals surface area contributed by atoms with Gasteiger partial charge >= 0.3 is 0 Å².